The van der Waals surface area contributed by atoms with Gasteiger partial charge in [0.2, 0.25) is 0 Å². The van der Waals surface area contributed by atoms with Gasteiger partial charge in [0.15, 0.2) is 11.5 Å². The number of benzene rings is 2. The van der Waals surface area contributed by atoms with Crippen LogP contribution in [0, 0.1) is 0 Å². The molecule has 138 valence electrons. The van der Waals surface area contributed by atoms with Gasteiger partial charge in [-0.2, -0.15) is 0 Å². The fraction of sp³-hybridized carbons (Fsp3) is 0.333. The fourth-order valence-electron chi connectivity index (χ4n) is 3.16. The highest BCUT2D eigenvalue weighted by Gasteiger charge is 2.15. The van der Waals surface area contributed by atoms with Crippen molar-refractivity contribution in [2.45, 2.75) is 6.54 Å². The summed E-state index contributed by atoms with van der Waals surface area (Å²) in [6, 6.07) is 14.4. The van der Waals surface area contributed by atoms with Crippen LogP contribution in [0.2, 0.25) is 0 Å². The van der Waals surface area contributed by atoms with E-state index in [-0.39, 0.29) is 5.75 Å². The van der Waals surface area contributed by atoms with E-state index < -0.39 is 0 Å². The molecule has 0 saturated carbocycles. The fourth-order valence-corrected chi connectivity index (χ4v) is 3.61. The molecule has 0 radical (unpaired) electrons. The van der Waals surface area contributed by atoms with Gasteiger partial charge in [-0.1, -0.05) is 42.5 Å². The summed E-state index contributed by atoms with van der Waals surface area (Å²) >= 11 is 3.36. The second-order valence-corrected chi connectivity index (χ2v) is 7.37. The van der Waals surface area contributed by atoms with Crippen LogP contribution >= 0.6 is 15.9 Å². The second-order valence-electron chi connectivity index (χ2n) is 6.52. The molecule has 1 aliphatic rings. The van der Waals surface area contributed by atoms with Crippen molar-refractivity contribution in [3.05, 3.63) is 64.1 Å². The van der Waals surface area contributed by atoms with E-state index in [1.807, 2.05) is 12.1 Å². The van der Waals surface area contributed by atoms with E-state index in [1.165, 1.54) is 5.56 Å². The minimum absolute atomic E-state index is 0.138. The summed E-state index contributed by atoms with van der Waals surface area (Å²) in [5, 5.41) is 9.87. The average molecular weight is 417 g/mol. The Hall–Kier alpha value is -1.82. The van der Waals surface area contributed by atoms with Crippen LogP contribution in [-0.4, -0.2) is 54.7 Å². The maximum atomic E-state index is 9.87. The van der Waals surface area contributed by atoms with Gasteiger partial charge in [-0.05, 0) is 39.2 Å². The van der Waals surface area contributed by atoms with E-state index in [0.717, 1.165) is 44.8 Å². The van der Waals surface area contributed by atoms with Crippen molar-refractivity contribution in [3.8, 4) is 11.5 Å². The van der Waals surface area contributed by atoms with Crippen molar-refractivity contribution in [3.63, 3.8) is 0 Å². The lowest BCUT2D eigenvalue weighted by atomic mass is 10.1. The van der Waals surface area contributed by atoms with Gasteiger partial charge >= 0.3 is 0 Å². The molecule has 1 aliphatic heterocycles. The molecule has 0 atom stereocenters. The minimum Gasteiger partial charge on any atom is -0.503 e. The SMILES string of the molecule is COc1cc(C=CCN2CCN(Cc3ccccc3)CC2)cc(Br)c1O. The van der Waals surface area contributed by atoms with Crippen molar-refractivity contribution in [1.82, 2.24) is 9.80 Å². The number of ether oxygens (including phenoxy) is 1. The van der Waals surface area contributed by atoms with E-state index in [2.05, 4.69) is 68.2 Å². The molecule has 0 unspecified atom stereocenters. The highest BCUT2D eigenvalue weighted by molar-refractivity contribution is 9.10. The first kappa shape index (κ1) is 19.0. The van der Waals surface area contributed by atoms with Crippen molar-refractivity contribution >= 4 is 22.0 Å². The van der Waals surface area contributed by atoms with Gasteiger partial charge in [-0.3, -0.25) is 9.80 Å². The maximum absolute atomic E-state index is 9.87. The summed E-state index contributed by atoms with van der Waals surface area (Å²) in [5.41, 5.74) is 2.39. The molecule has 0 spiro atoms. The molecule has 0 amide bonds. The van der Waals surface area contributed by atoms with E-state index in [4.69, 9.17) is 4.74 Å². The molecular formula is C21H25BrN2O2. The summed E-state index contributed by atoms with van der Waals surface area (Å²) < 4.78 is 5.84. The molecule has 2 aromatic rings. The number of methoxy groups -OCH3 is 1. The first-order valence-electron chi connectivity index (χ1n) is 8.87. The number of hydrogen-bond acceptors (Lipinski definition) is 4. The van der Waals surface area contributed by atoms with Gasteiger partial charge in [0.05, 0.1) is 11.6 Å². The lowest BCUT2D eigenvalue weighted by Crippen LogP contribution is -2.45. The monoisotopic (exact) mass is 416 g/mol. The van der Waals surface area contributed by atoms with Gasteiger partial charge in [-0.15, -0.1) is 0 Å². The molecule has 4 nitrogen and oxygen atoms in total. The predicted octanol–water partition coefficient (Wildman–Crippen LogP) is 3.99. The molecule has 3 rings (SSSR count). The molecule has 1 N–H and O–H groups in total. The Morgan fingerprint density at radius 3 is 2.46 bits per heavy atom. The number of nitrogens with zero attached hydrogens (tertiary/aromatic N) is 2. The molecular weight excluding hydrogens is 392 g/mol. The van der Waals surface area contributed by atoms with Crippen LogP contribution in [0.5, 0.6) is 11.5 Å². The lowest BCUT2D eigenvalue weighted by Gasteiger charge is -2.34. The standard InChI is InChI=1S/C21H25BrN2O2/c1-26-20-15-18(14-19(22)21(20)25)8-5-9-23-10-12-24(13-11-23)16-17-6-3-2-4-7-17/h2-8,14-15,25H,9-13,16H2,1H3. The van der Waals surface area contributed by atoms with Gasteiger partial charge in [0.1, 0.15) is 0 Å². The largest absolute Gasteiger partial charge is 0.503 e. The molecule has 0 bridgehead atoms. The second kappa shape index (κ2) is 9.21. The smallest absolute Gasteiger partial charge is 0.172 e. The summed E-state index contributed by atoms with van der Waals surface area (Å²) in [7, 11) is 1.56. The van der Waals surface area contributed by atoms with Crippen molar-refractivity contribution in [2.75, 3.05) is 39.8 Å². The molecule has 1 fully saturated rings. The molecule has 0 aliphatic carbocycles. The van der Waals surface area contributed by atoms with E-state index in [1.54, 1.807) is 7.11 Å². The number of phenols is 1. The van der Waals surface area contributed by atoms with Gasteiger partial charge in [0, 0.05) is 39.3 Å². The third-order valence-corrected chi connectivity index (χ3v) is 5.26. The summed E-state index contributed by atoms with van der Waals surface area (Å²) in [4.78, 5) is 4.97. The molecule has 5 heteroatoms. The zero-order valence-electron chi connectivity index (χ0n) is 15.1. The highest BCUT2D eigenvalue weighted by atomic mass is 79.9. The molecule has 1 heterocycles. The number of hydrogen-bond donors (Lipinski definition) is 1. The van der Waals surface area contributed by atoms with E-state index in [9.17, 15) is 5.11 Å². The van der Waals surface area contributed by atoms with Crippen LogP contribution in [0.3, 0.4) is 0 Å². The Kier molecular flexibility index (Phi) is 6.72. The third-order valence-electron chi connectivity index (χ3n) is 4.66. The Morgan fingerprint density at radius 2 is 1.77 bits per heavy atom. The summed E-state index contributed by atoms with van der Waals surface area (Å²) in [5.74, 6) is 0.618. The summed E-state index contributed by atoms with van der Waals surface area (Å²) in [6.45, 7) is 6.33. The number of phenolic OH excluding ortho intramolecular Hbond substituents is 1. The Bertz CT molecular complexity index is 741. The average Bonchev–Trinajstić information content (AvgIpc) is 2.66. The number of halogens is 1. The van der Waals surface area contributed by atoms with Crippen LogP contribution < -0.4 is 4.74 Å². The Labute approximate surface area is 163 Å². The zero-order valence-corrected chi connectivity index (χ0v) is 16.7. The predicted molar refractivity (Wildman–Crippen MR) is 110 cm³/mol. The number of rotatable bonds is 6. The van der Waals surface area contributed by atoms with Crippen molar-refractivity contribution in [2.24, 2.45) is 0 Å². The number of aromatic hydroxyl groups is 1. The van der Waals surface area contributed by atoms with Gasteiger partial charge < -0.3 is 9.84 Å². The Balaban J connectivity index is 1.48. The van der Waals surface area contributed by atoms with Crippen LogP contribution in [0.15, 0.2) is 53.0 Å². The van der Waals surface area contributed by atoms with E-state index >= 15 is 0 Å². The van der Waals surface area contributed by atoms with Crippen molar-refractivity contribution in [1.29, 1.82) is 0 Å². The van der Waals surface area contributed by atoms with Crippen LogP contribution in [0.4, 0.5) is 0 Å². The van der Waals surface area contributed by atoms with E-state index in [0.29, 0.717) is 10.2 Å². The first-order valence-corrected chi connectivity index (χ1v) is 9.66. The Morgan fingerprint density at radius 1 is 1.08 bits per heavy atom. The van der Waals surface area contributed by atoms with Crippen molar-refractivity contribution < 1.29 is 9.84 Å². The molecule has 0 aromatic heterocycles. The van der Waals surface area contributed by atoms with Crippen LogP contribution in [0.1, 0.15) is 11.1 Å². The van der Waals surface area contributed by atoms with Crippen LogP contribution in [0.25, 0.3) is 6.08 Å². The molecule has 26 heavy (non-hydrogen) atoms. The van der Waals surface area contributed by atoms with Gasteiger partial charge in [-0.25, -0.2) is 0 Å². The van der Waals surface area contributed by atoms with Crippen LogP contribution in [-0.2, 0) is 6.54 Å². The molecule has 1 saturated heterocycles. The summed E-state index contributed by atoms with van der Waals surface area (Å²) in [6.07, 6.45) is 4.24. The lowest BCUT2D eigenvalue weighted by molar-refractivity contribution is 0.137. The zero-order chi connectivity index (χ0) is 18.4. The minimum atomic E-state index is 0.138. The topological polar surface area (TPSA) is 35.9 Å². The molecule has 2 aromatic carbocycles. The highest BCUT2D eigenvalue weighted by Crippen LogP contribution is 2.35. The quantitative estimate of drug-likeness (QED) is 0.771. The number of piperazine rings is 1. The normalized spacial score (nSPS) is 16.2. The third kappa shape index (κ3) is 5.10. The maximum Gasteiger partial charge on any atom is 0.172 e. The first-order chi connectivity index (χ1) is 12.7. The van der Waals surface area contributed by atoms with Gasteiger partial charge in [0.25, 0.3) is 0 Å².